The molecule has 1 unspecified atom stereocenters. The first-order valence-electron chi connectivity index (χ1n) is 14.3. The van der Waals surface area contributed by atoms with Gasteiger partial charge in [0.25, 0.3) is 5.69 Å². The first-order chi connectivity index (χ1) is 21.2. The lowest BCUT2D eigenvalue weighted by atomic mass is 9.73. The summed E-state index contributed by atoms with van der Waals surface area (Å²) in [6, 6.07) is 26.4. The number of ether oxygens (including phenoxy) is 1. The number of cyclic esters (lactones) is 1. The van der Waals surface area contributed by atoms with Crippen LogP contribution in [-0.4, -0.2) is 22.6 Å². The molecule has 0 saturated carbocycles. The molecule has 0 aromatic heterocycles. The largest absolute Gasteiger partial charge is 0.465 e. The molecule has 0 spiro atoms. The number of hydrogen-bond acceptors (Lipinski definition) is 6. The predicted octanol–water partition coefficient (Wildman–Crippen LogP) is 7.67. The Labute approximate surface area is 254 Å². The van der Waals surface area contributed by atoms with Gasteiger partial charge < -0.3 is 15.2 Å². The Kier molecular flexibility index (Phi) is 9.45. The Morgan fingerprint density at radius 3 is 2.11 bits per heavy atom. The fraction of sp³-hybridized carbons (Fsp3) is 0.229. The van der Waals surface area contributed by atoms with Gasteiger partial charge in [-0.05, 0) is 65.9 Å². The quantitative estimate of drug-likeness (QED) is 0.0751. The average molecular weight is 599 g/mol. The summed E-state index contributed by atoms with van der Waals surface area (Å²) in [6.07, 6.45) is -0.366. The number of anilines is 1. The average Bonchev–Trinajstić information content (AvgIpc) is 3.43. The minimum atomic E-state index is -0.935. The summed E-state index contributed by atoms with van der Waals surface area (Å²) in [5, 5.41) is 25.9. The fourth-order valence-corrected chi connectivity index (χ4v) is 5.85. The number of non-ortho nitro benzene ring substituents is 1. The third kappa shape index (κ3) is 7.01. The van der Waals surface area contributed by atoms with E-state index in [4.69, 9.17) is 4.74 Å². The van der Waals surface area contributed by atoms with Gasteiger partial charge in [-0.2, -0.15) is 0 Å². The van der Waals surface area contributed by atoms with E-state index in [1.807, 2.05) is 30.3 Å². The van der Waals surface area contributed by atoms with Crippen molar-refractivity contribution in [2.45, 2.75) is 30.9 Å². The summed E-state index contributed by atoms with van der Waals surface area (Å²) >= 11 is 0. The van der Waals surface area contributed by atoms with Crippen LogP contribution in [0, 0.1) is 33.6 Å². The highest BCUT2D eigenvalue weighted by Crippen LogP contribution is 2.45. The number of carbonyl (C=O) groups is 1. The van der Waals surface area contributed by atoms with Crippen molar-refractivity contribution in [3.63, 3.8) is 0 Å². The number of rotatable bonds is 12. The van der Waals surface area contributed by atoms with Crippen LogP contribution in [0.3, 0.4) is 0 Å². The van der Waals surface area contributed by atoms with Crippen molar-refractivity contribution in [3.05, 3.63) is 154 Å². The van der Waals surface area contributed by atoms with Gasteiger partial charge in [0.05, 0.1) is 29.6 Å². The lowest BCUT2D eigenvalue weighted by Gasteiger charge is -2.34. The van der Waals surface area contributed by atoms with E-state index in [1.54, 1.807) is 24.3 Å². The summed E-state index contributed by atoms with van der Waals surface area (Å²) in [4.78, 5) is 24.2. The zero-order valence-corrected chi connectivity index (χ0v) is 23.8. The summed E-state index contributed by atoms with van der Waals surface area (Å²) in [7, 11) is 0. The molecular formula is C35H32F2N2O5. The smallest absolute Gasteiger partial charge is 0.313 e. The Hall–Kier alpha value is -4.89. The van der Waals surface area contributed by atoms with Gasteiger partial charge in [-0.15, -0.1) is 0 Å². The number of carbonyl (C=O) groups excluding carboxylic acids is 1. The lowest BCUT2D eigenvalue weighted by Crippen LogP contribution is -2.29. The maximum atomic E-state index is 13.8. The number of halogens is 2. The number of nitrogens with one attached hydrogen (secondary N) is 1. The molecule has 1 fully saturated rings. The van der Waals surface area contributed by atoms with Gasteiger partial charge in [-0.3, -0.25) is 14.9 Å². The summed E-state index contributed by atoms with van der Waals surface area (Å²) in [5.41, 5.74) is 3.21. The Balaban J connectivity index is 1.55. The molecule has 0 amide bonds. The number of nitro groups is 1. The standard InChI is InChI=1S/C35H32F2N2O5/c1-22(33-31(21-44-35(33)41)23-5-3-2-4-6-23)30(19-20-32(40)24-7-11-26(36)12-8-24)34(38-28-15-13-27(37)14-16-28)25-9-17-29(18-10-25)39(42)43/h2-18,30-34,38,40H,1,19-21H2/t30-,31+,32-,33?,34+/m0/s1. The Bertz CT molecular complexity index is 1600. The summed E-state index contributed by atoms with van der Waals surface area (Å²) < 4.78 is 32.9. The lowest BCUT2D eigenvalue weighted by molar-refractivity contribution is -0.384. The van der Waals surface area contributed by atoms with E-state index in [1.165, 1.54) is 48.5 Å². The molecule has 7 nitrogen and oxygen atoms in total. The second kappa shape index (κ2) is 13.6. The Morgan fingerprint density at radius 2 is 1.50 bits per heavy atom. The van der Waals surface area contributed by atoms with Crippen molar-refractivity contribution < 1.29 is 28.3 Å². The van der Waals surface area contributed by atoms with Crippen LogP contribution in [0.5, 0.6) is 0 Å². The highest BCUT2D eigenvalue weighted by atomic mass is 19.1. The van der Waals surface area contributed by atoms with Crippen LogP contribution in [0.1, 0.15) is 47.6 Å². The van der Waals surface area contributed by atoms with Gasteiger partial charge in [-0.25, -0.2) is 8.78 Å². The molecule has 5 atom stereocenters. The third-order valence-electron chi connectivity index (χ3n) is 8.20. The monoisotopic (exact) mass is 598 g/mol. The maximum absolute atomic E-state index is 13.8. The van der Waals surface area contributed by atoms with Crippen molar-refractivity contribution in [2.75, 3.05) is 11.9 Å². The number of esters is 1. The van der Waals surface area contributed by atoms with E-state index in [-0.39, 0.29) is 24.6 Å². The molecule has 226 valence electrons. The summed E-state index contributed by atoms with van der Waals surface area (Å²) in [6.45, 7) is 4.62. The number of nitro benzene ring substituents is 1. The van der Waals surface area contributed by atoms with Crippen molar-refractivity contribution in [1.82, 2.24) is 0 Å². The number of aliphatic hydroxyl groups is 1. The zero-order chi connectivity index (χ0) is 31.2. The van der Waals surface area contributed by atoms with Gasteiger partial charge in [-0.1, -0.05) is 66.7 Å². The molecule has 1 aliphatic rings. The van der Waals surface area contributed by atoms with Crippen molar-refractivity contribution in [1.29, 1.82) is 0 Å². The predicted molar refractivity (Wildman–Crippen MR) is 163 cm³/mol. The van der Waals surface area contributed by atoms with E-state index in [2.05, 4.69) is 11.9 Å². The molecule has 9 heteroatoms. The van der Waals surface area contributed by atoms with E-state index < -0.39 is 46.5 Å². The van der Waals surface area contributed by atoms with Crippen molar-refractivity contribution in [2.24, 2.45) is 11.8 Å². The first kappa shape index (κ1) is 30.6. The molecule has 0 bridgehead atoms. The van der Waals surface area contributed by atoms with Crippen LogP contribution in [-0.2, 0) is 9.53 Å². The van der Waals surface area contributed by atoms with Gasteiger partial charge in [0.2, 0.25) is 0 Å². The molecule has 0 radical (unpaired) electrons. The molecule has 0 aliphatic carbocycles. The van der Waals surface area contributed by atoms with Gasteiger partial charge >= 0.3 is 5.97 Å². The van der Waals surface area contributed by atoms with Crippen LogP contribution in [0.2, 0.25) is 0 Å². The molecule has 44 heavy (non-hydrogen) atoms. The van der Waals surface area contributed by atoms with Crippen LogP contribution in [0.4, 0.5) is 20.2 Å². The van der Waals surface area contributed by atoms with Gasteiger partial charge in [0.15, 0.2) is 0 Å². The van der Waals surface area contributed by atoms with Crippen LogP contribution in [0.15, 0.2) is 115 Å². The second-order valence-corrected chi connectivity index (χ2v) is 10.9. The number of hydrogen-bond donors (Lipinski definition) is 2. The summed E-state index contributed by atoms with van der Waals surface area (Å²) in [5.74, 6) is -2.72. The zero-order valence-electron chi connectivity index (χ0n) is 23.8. The Morgan fingerprint density at radius 1 is 0.909 bits per heavy atom. The fourth-order valence-electron chi connectivity index (χ4n) is 5.85. The van der Waals surface area contributed by atoms with E-state index in [9.17, 15) is 28.8 Å². The van der Waals surface area contributed by atoms with Gasteiger partial charge in [0.1, 0.15) is 11.6 Å². The number of benzene rings is 4. The number of aliphatic hydroxyl groups excluding tert-OH is 1. The topological polar surface area (TPSA) is 102 Å². The molecule has 1 aliphatic heterocycles. The van der Waals surface area contributed by atoms with Crippen molar-refractivity contribution >= 4 is 17.3 Å². The van der Waals surface area contributed by atoms with E-state index >= 15 is 0 Å². The molecule has 4 aromatic carbocycles. The third-order valence-corrected chi connectivity index (χ3v) is 8.20. The van der Waals surface area contributed by atoms with E-state index in [0.717, 1.165) is 5.56 Å². The minimum absolute atomic E-state index is 0.0834. The minimum Gasteiger partial charge on any atom is -0.465 e. The molecule has 2 N–H and O–H groups in total. The molecular weight excluding hydrogens is 566 g/mol. The van der Waals surface area contributed by atoms with Crippen LogP contribution >= 0.6 is 0 Å². The SMILES string of the molecule is C=C(C1C(=O)OC[C@@H]1c1ccccc1)[C@H](CC[C@H](O)c1ccc(F)cc1)[C@H](Nc1ccc(F)cc1)c1ccc([N+](=O)[O-])cc1. The normalized spacial score (nSPS) is 18.2. The highest BCUT2D eigenvalue weighted by Gasteiger charge is 2.43. The maximum Gasteiger partial charge on any atom is 0.313 e. The van der Waals surface area contributed by atoms with Crippen molar-refractivity contribution in [3.8, 4) is 0 Å². The molecule has 4 aromatic rings. The van der Waals surface area contributed by atoms with E-state index in [0.29, 0.717) is 28.8 Å². The molecule has 1 heterocycles. The first-order valence-corrected chi connectivity index (χ1v) is 14.3. The second-order valence-electron chi connectivity index (χ2n) is 10.9. The van der Waals surface area contributed by atoms with Crippen LogP contribution < -0.4 is 5.32 Å². The molecule has 5 rings (SSSR count). The number of nitrogens with zero attached hydrogens (tertiary/aromatic N) is 1. The highest BCUT2D eigenvalue weighted by molar-refractivity contribution is 5.79. The van der Waals surface area contributed by atoms with Crippen LogP contribution in [0.25, 0.3) is 0 Å². The molecule has 1 saturated heterocycles. The van der Waals surface area contributed by atoms with Gasteiger partial charge in [0, 0.05) is 29.7 Å².